The summed E-state index contributed by atoms with van der Waals surface area (Å²) in [6.45, 7) is 4.86. The Labute approximate surface area is 84.5 Å². The Kier molecular flexibility index (Phi) is 2.49. The lowest BCUT2D eigenvalue weighted by molar-refractivity contribution is -0.141. The zero-order valence-electron chi connectivity index (χ0n) is 8.70. The van der Waals surface area contributed by atoms with Crippen molar-refractivity contribution >= 4 is 5.91 Å². The molecule has 4 nitrogen and oxygen atoms in total. The molecular weight excluding hydrogens is 180 g/mol. The molecule has 0 bridgehead atoms. The quantitative estimate of drug-likeness (QED) is 0.680. The molecule has 1 unspecified atom stereocenters. The molecule has 2 aliphatic heterocycles. The summed E-state index contributed by atoms with van der Waals surface area (Å²) in [5.41, 5.74) is -0.113. The first-order chi connectivity index (χ1) is 6.68. The summed E-state index contributed by atoms with van der Waals surface area (Å²) < 4.78 is 0. The maximum Gasteiger partial charge on any atom is 0.224 e. The maximum absolute atomic E-state index is 11.6. The molecular formula is C10H18N2O2. The van der Waals surface area contributed by atoms with E-state index in [0.29, 0.717) is 13.0 Å². The number of hydrogen-bond acceptors (Lipinski definition) is 3. The lowest BCUT2D eigenvalue weighted by atomic mass is 10.0. The average molecular weight is 198 g/mol. The Hall–Kier alpha value is -0.610. The second kappa shape index (κ2) is 3.51. The molecule has 2 rings (SSSR count). The lowest BCUT2D eigenvalue weighted by Gasteiger charge is -2.48. The highest BCUT2D eigenvalue weighted by Gasteiger charge is 2.47. The molecule has 14 heavy (non-hydrogen) atoms. The van der Waals surface area contributed by atoms with Crippen molar-refractivity contribution in [2.45, 2.75) is 31.8 Å². The third-order valence-electron chi connectivity index (χ3n) is 3.56. The molecule has 0 saturated carbocycles. The van der Waals surface area contributed by atoms with Gasteiger partial charge in [0.1, 0.15) is 0 Å². The van der Waals surface area contributed by atoms with E-state index in [2.05, 4.69) is 11.8 Å². The highest BCUT2D eigenvalue weighted by Crippen LogP contribution is 2.35. The van der Waals surface area contributed by atoms with Crippen LogP contribution in [0.2, 0.25) is 0 Å². The molecule has 2 saturated heterocycles. The molecule has 0 radical (unpaired) electrons. The number of amides is 1. The second-order valence-corrected chi connectivity index (χ2v) is 4.33. The highest BCUT2D eigenvalue weighted by atomic mass is 16.3. The number of rotatable bonds is 2. The fourth-order valence-electron chi connectivity index (χ4n) is 2.71. The molecule has 2 fully saturated rings. The minimum Gasteiger partial charge on any atom is -0.395 e. The Morgan fingerprint density at radius 3 is 3.00 bits per heavy atom. The monoisotopic (exact) mass is 198 g/mol. The average Bonchev–Trinajstić information content (AvgIpc) is 2.46. The van der Waals surface area contributed by atoms with Gasteiger partial charge >= 0.3 is 0 Å². The van der Waals surface area contributed by atoms with Gasteiger partial charge in [-0.25, -0.2) is 0 Å². The Balaban J connectivity index is 2.17. The number of hydrogen-bond donors (Lipinski definition) is 1. The first kappa shape index (κ1) is 9.93. The van der Waals surface area contributed by atoms with Crippen LogP contribution in [0.3, 0.4) is 0 Å². The Morgan fingerprint density at radius 2 is 2.29 bits per heavy atom. The largest absolute Gasteiger partial charge is 0.395 e. The van der Waals surface area contributed by atoms with Crippen molar-refractivity contribution in [2.24, 2.45) is 0 Å². The van der Waals surface area contributed by atoms with Gasteiger partial charge in [-0.05, 0) is 19.8 Å². The zero-order valence-corrected chi connectivity index (χ0v) is 8.70. The molecule has 80 valence electrons. The van der Waals surface area contributed by atoms with Crippen LogP contribution >= 0.6 is 0 Å². The van der Waals surface area contributed by atoms with Crippen LogP contribution in [0.15, 0.2) is 0 Å². The summed E-state index contributed by atoms with van der Waals surface area (Å²) in [5, 5.41) is 8.97. The van der Waals surface area contributed by atoms with Crippen LogP contribution in [-0.2, 0) is 4.79 Å². The van der Waals surface area contributed by atoms with Crippen LogP contribution in [0, 0.1) is 0 Å². The normalized spacial score (nSPS) is 33.6. The molecule has 0 aromatic rings. The number of fused-ring (bicyclic) bond motifs is 1. The van der Waals surface area contributed by atoms with Gasteiger partial charge in [-0.1, -0.05) is 0 Å². The van der Waals surface area contributed by atoms with E-state index >= 15 is 0 Å². The molecule has 0 aromatic carbocycles. The van der Waals surface area contributed by atoms with Crippen LogP contribution in [0.5, 0.6) is 0 Å². The van der Waals surface area contributed by atoms with Gasteiger partial charge in [-0.2, -0.15) is 0 Å². The summed E-state index contributed by atoms with van der Waals surface area (Å²) in [5.74, 6) is 0.273. The topological polar surface area (TPSA) is 43.8 Å². The van der Waals surface area contributed by atoms with Crippen molar-refractivity contribution in [2.75, 3.05) is 26.2 Å². The summed E-state index contributed by atoms with van der Waals surface area (Å²) in [7, 11) is 0. The van der Waals surface area contributed by atoms with Crippen molar-refractivity contribution in [3.05, 3.63) is 0 Å². The van der Waals surface area contributed by atoms with Gasteiger partial charge in [0.15, 0.2) is 0 Å². The third-order valence-corrected chi connectivity index (χ3v) is 3.56. The molecule has 0 spiro atoms. The zero-order chi connectivity index (χ0) is 10.2. The van der Waals surface area contributed by atoms with Crippen LogP contribution in [0.1, 0.15) is 26.2 Å². The summed E-state index contributed by atoms with van der Waals surface area (Å²) in [6.07, 6.45) is 2.60. The number of carbonyl (C=O) groups excluding carboxylic acids is 1. The van der Waals surface area contributed by atoms with Gasteiger partial charge in [0.2, 0.25) is 5.91 Å². The van der Waals surface area contributed by atoms with Gasteiger partial charge in [0.25, 0.3) is 0 Å². The van der Waals surface area contributed by atoms with E-state index in [1.807, 2.05) is 4.90 Å². The smallest absolute Gasteiger partial charge is 0.224 e. The summed E-state index contributed by atoms with van der Waals surface area (Å²) in [4.78, 5) is 15.8. The van der Waals surface area contributed by atoms with Crippen molar-refractivity contribution in [1.29, 1.82) is 0 Å². The van der Waals surface area contributed by atoms with Crippen LogP contribution in [-0.4, -0.2) is 52.7 Å². The lowest BCUT2D eigenvalue weighted by Crippen LogP contribution is -2.61. The van der Waals surface area contributed by atoms with E-state index in [9.17, 15) is 4.79 Å². The van der Waals surface area contributed by atoms with Crippen molar-refractivity contribution in [3.63, 3.8) is 0 Å². The van der Waals surface area contributed by atoms with Gasteiger partial charge in [-0.3, -0.25) is 9.69 Å². The van der Waals surface area contributed by atoms with E-state index in [1.165, 1.54) is 0 Å². The van der Waals surface area contributed by atoms with E-state index in [1.54, 1.807) is 0 Å². The van der Waals surface area contributed by atoms with Crippen LogP contribution in [0.4, 0.5) is 0 Å². The summed E-state index contributed by atoms with van der Waals surface area (Å²) in [6, 6.07) is 0. The second-order valence-electron chi connectivity index (χ2n) is 4.33. The fraction of sp³-hybridized carbons (Fsp3) is 0.900. The highest BCUT2D eigenvalue weighted by molar-refractivity contribution is 5.79. The van der Waals surface area contributed by atoms with Crippen molar-refractivity contribution in [3.8, 4) is 0 Å². The predicted molar refractivity (Wildman–Crippen MR) is 52.6 cm³/mol. The first-order valence-corrected chi connectivity index (χ1v) is 5.35. The Bertz CT molecular complexity index is 242. The molecule has 2 aliphatic rings. The number of aliphatic hydroxyl groups is 1. The molecule has 0 aliphatic carbocycles. The van der Waals surface area contributed by atoms with Gasteiger partial charge < -0.3 is 10.0 Å². The molecule has 1 atom stereocenters. The minimum absolute atomic E-state index is 0.113. The number of carbonyl (C=O) groups is 1. The molecule has 4 heteroatoms. The number of aliphatic hydroxyl groups excluding tert-OH is 1. The standard InChI is InChI=1S/C10H18N2O2/c1-10-4-3-9(14)12(10)6-2-5-11(10)7-8-13/h13H,2-8H2,1H3. The van der Waals surface area contributed by atoms with Gasteiger partial charge in [0, 0.05) is 26.1 Å². The maximum atomic E-state index is 11.6. The van der Waals surface area contributed by atoms with Crippen LogP contribution < -0.4 is 0 Å². The Morgan fingerprint density at radius 1 is 1.50 bits per heavy atom. The van der Waals surface area contributed by atoms with Crippen LogP contribution in [0.25, 0.3) is 0 Å². The van der Waals surface area contributed by atoms with Gasteiger partial charge in [-0.15, -0.1) is 0 Å². The fourth-order valence-corrected chi connectivity index (χ4v) is 2.71. The minimum atomic E-state index is -0.113. The van der Waals surface area contributed by atoms with Gasteiger partial charge in [0.05, 0.1) is 12.3 Å². The number of nitrogens with zero attached hydrogens (tertiary/aromatic N) is 2. The number of β-amino-alcohol motifs (C(OH)–C–C–N with tert-alkyl or cyclic N) is 1. The third kappa shape index (κ3) is 1.33. The predicted octanol–water partition coefficient (Wildman–Crippen LogP) is 0.0230. The van der Waals surface area contributed by atoms with E-state index in [-0.39, 0.29) is 18.2 Å². The SMILES string of the molecule is CC12CCC(=O)N1CCCN2CCO. The summed E-state index contributed by atoms with van der Waals surface area (Å²) >= 11 is 0. The van der Waals surface area contributed by atoms with E-state index in [0.717, 1.165) is 25.9 Å². The molecule has 1 N–H and O–H groups in total. The van der Waals surface area contributed by atoms with E-state index < -0.39 is 0 Å². The molecule has 0 aromatic heterocycles. The molecule has 1 amide bonds. The first-order valence-electron chi connectivity index (χ1n) is 5.35. The van der Waals surface area contributed by atoms with E-state index in [4.69, 9.17) is 5.11 Å². The van der Waals surface area contributed by atoms with Crippen molar-refractivity contribution in [1.82, 2.24) is 9.80 Å². The molecule has 2 heterocycles. The van der Waals surface area contributed by atoms with Crippen molar-refractivity contribution < 1.29 is 9.90 Å².